The molecule has 0 bridgehead atoms. The van der Waals surface area contributed by atoms with E-state index in [1.165, 1.54) is 11.8 Å². The minimum absolute atomic E-state index is 0.0978. The lowest BCUT2D eigenvalue weighted by Crippen LogP contribution is -2.23. The molecule has 0 spiro atoms. The Balaban J connectivity index is 1.64. The number of hydrogen-bond acceptors (Lipinski definition) is 6. The van der Waals surface area contributed by atoms with Gasteiger partial charge in [0.05, 0.1) is 16.5 Å². The molecule has 0 aliphatic carbocycles. The zero-order valence-corrected chi connectivity index (χ0v) is 19.3. The van der Waals surface area contributed by atoms with Crippen LogP contribution >= 0.6 is 34.9 Å². The van der Waals surface area contributed by atoms with Crippen molar-refractivity contribution >= 4 is 56.7 Å². The molecular weight excluding hydrogens is 452 g/mol. The molecule has 31 heavy (non-hydrogen) atoms. The molecule has 0 atom stereocenters. The summed E-state index contributed by atoms with van der Waals surface area (Å²) in [5.74, 6) is -0.127. The van der Waals surface area contributed by atoms with Gasteiger partial charge in [0.15, 0.2) is 5.16 Å². The topological polar surface area (TPSA) is 76.9 Å². The summed E-state index contributed by atoms with van der Waals surface area (Å²) < 4.78 is 6.59. The fourth-order valence-corrected chi connectivity index (χ4v) is 4.89. The highest BCUT2D eigenvalue weighted by Gasteiger charge is 2.18. The highest BCUT2D eigenvalue weighted by Crippen LogP contribution is 2.30. The number of nitrogens with one attached hydrogen (secondary N) is 1. The first-order valence-electron chi connectivity index (χ1n) is 9.62. The molecular formula is C22H19ClN4O2S2. The molecule has 0 saturated carbocycles. The number of carbonyl (C=O) groups is 1. The Morgan fingerprint density at radius 2 is 1.94 bits per heavy atom. The maximum absolute atomic E-state index is 13.0. The van der Waals surface area contributed by atoms with E-state index in [1.54, 1.807) is 28.8 Å². The van der Waals surface area contributed by atoms with Crippen LogP contribution < -0.4 is 10.9 Å². The third kappa shape index (κ3) is 4.51. The van der Waals surface area contributed by atoms with Gasteiger partial charge in [0.25, 0.3) is 5.56 Å². The van der Waals surface area contributed by atoms with E-state index in [0.29, 0.717) is 38.3 Å². The zero-order valence-electron chi connectivity index (χ0n) is 16.9. The molecule has 0 fully saturated rings. The van der Waals surface area contributed by atoms with Gasteiger partial charge in [0.2, 0.25) is 5.91 Å². The van der Waals surface area contributed by atoms with E-state index in [1.807, 2.05) is 38.1 Å². The van der Waals surface area contributed by atoms with Crippen LogP contribution in [-0.4, -0.2) is 25.6 Å². The number of thioether (sulfide) groups is 1. The summed E-state index contributed by atoms with van der Waals surface area (Å²) in [6.07, 6.45) is 0. The summed E-state index contributed by atoms with van der Waals surface area (Å²) in [4.78, 5) is 30.2. The average Bonchev–Trinajstić information content (AvgIpc) is 3.19. The Hall–Kier alpha value is -2.68. The van der Waals surface area contributed by atoms with Crippen LogP contribution in [0.25, 0.3) is 21.5 Å². The van der Waals surface area contributed by atoms with Gasteiger partial charge >= 0.3 is 0 Å². The molecule has 0 saturated heterocycles. The summed E-state index contributed by atoms with van der Waals surface area (Å²) >= 11 is 8.48. The number of hydrogen-bond donors (Lipinski definition) is 1. The number of para-hydroxylation sites is 1. The normalized spacial score (nSPS) is 11.1. The van der Waals surface area contributed by atoms with E-state index in [0.717, 1.165) is 22.7 Å². The molecule has 2 aromatic carbocycles. The van der Waals surface area contributed by atoms with Gasteiger partial charge in [0, 0.05) is 12.1 Å². The van der Waals surface area contributed by atoms with Crippen molar-refractivity contribution in [2.75, 3.05) is 11.1 Å². The highest BCUT2D eigenvalue weighted by atomic mass is 35.5. The number of carbonyl (C=O) groups excluding carboxylic acids is 1. The third-order valence-corrected chi connectivity index (χ3v) is 6.80. The van der Waals surface area contributed by atoms with Crippen LogP contribution in [0.15, 0.2) is 58.5 Å². The number of amides is 1. The van der Waals surface area contributed by atoms with Crippen molar-refractivity contribution in [1.29, 1.82) is 0 Å². The van der Waals surface area contributed by atoms with Crippen LogP contribution in [-0.2, 0) is 11.3 Å². The molecule has 158 valence electrons. The monoisotopic (exact) mass is 470 g/mol. The zero-order chi connectivity index (χ0) is 22.0. The number of halogens is 1. The Kier molecular flexibility index (Phi) is 6.41. The standard InChI is InChI=1S/C22H19ClN4O2S2/c1-3-27-21(29)20-19(18(26-31-20)14-10-8-13(2)9-11-14)25-22(27)30-12-17(28)24-16-7-5-4-6-15(16)23/h4-11H,3,12H2,1-2H3,(H,24,28). The molecule has 1 N–H and O–H groups in total. The summed E-state index contributed by atoms with van der Waals surface area (Å²) in [5.41, 5.74) is 3.71. The Labute approximate surface area is 192 Å². The predicted molar refractivity (Wildman–Crippen MR) is 128 cm³/mol. The van der Waals surface area contributed by atoms with E-state index < -0.39 is 0 Å². The largest absolute Gasteiger partial charge is 0.324 e. The van der Waals surface area contributed by atoms with Crippen molar-refractivity contribution in [2.24, 2.45) is 0 Å². The molecule has 0 radical (unpaired) electrons. The SMILES string of the molecule is CCn1c(SCC(=O)Nc2ccccc2Cl)nc2c(-c3ccc(C)cc3)nsc2c1=O. The molecule has 2 heterocycles. The molecule has 2 aromatic heterocycles. The molecule has 0 unspecified atom stereocenters. The Morgan fingerprint density at radius 1 is 1.19 bits per heavy atom. The fraction of sp³-hybridized carbons (Fsp3) is 0.182. The number of benzene rings is 2. The molecule has 6 nitrogen and oxygen atoms in total. The van der Waals surface area contributed by atoms with Gasteiger partial charge in [-0.2, -0.15) is 4.37 Å². The summed E-state index contributed by atoms with van der Waals surface area (Å²) in [7, 11) is 0. The molecule has 1 amide bonds. The van der Waals surface area contributed by atoms with E-state index in [9.17, 15) is 9.59 Å². The maximum Gasteiger partial charge on any atom is 0.273 e. The quantitative estimate of drug-likeness (QED) is 0.308. The number of nitrogens with zero attached hydrogens (tertiary/aromatic N) is 3. The van der Waals surface area contributed by atoms with Crippen LogP contribution in [0.2, 0.25) is 5.02 Å². The van der Waals surface area contributed by atoms with Gasteiger partial charge in [-0.1, -0.05) is 65.3 Å². The molecule has 9 heteroatoms. The smallest absolute Gasteiger partial charge is 0.273 e. The van der Waals surface area contributed by atoms with Crippen molar-refractivity contribution in [2.45, 2.75) is 25.5 Å². The molecule has 0 aliphatic heterocycles. The second kappa shape index (κ2) is 9.21. The van der Waals surface area contributed by atoms with Gasteiger partial charge in [-0.15, -0.1) is 0 Å². The van der Waals surface area contributed by atoms with Crippen LogP contribution in [0.1, 0.15) is 12.5 Å². The molecule has 0 aliphatic rings. The number of aryl methyl sites for hydroxylation is 1. The minimum atomic E-state index is -0.225. The van der Waals surface area contributed by atoms with Gasteiger partial charge in [-0.05, 0) is 37.5 Å². The first-order chi connectivity index (χ1) is 15.0. The Bertz CT molecular complexity index is 1320. The van der Waals surface area contributed by atoms with Crippen molar-refractivity contribution < 1.29 is 4.79 Å². The van der Waals surface area contributed by atoms with Crippen LogP contribution in [0.3, 0.4) is 0 Å². The second-order valence-electron chi connectivity index (χ2n) is 6.84. The van der Waals surface area contributed by atoms with Gasteiger partial charge < -0.3 is 5.32 Å². The Morgan fingerprint density at radius 3 is 2.65 bits per heavy atom. The molecule has 4 aromatic rings. The van der Waals surface area contributed by atoms with E-state index in [-0.39, 0.29) is 17.2 Å². The lowest BCUT2D eigenvalue weighted by Gasteiger charge is -2.10. The molecule has 4 rings (SSSR count). The van der Waals surface area contributed by atoms with Crippen LogP contribution in [0.4, 0.5) is 5.69 Å². The van der Waals surface area contributed by atoms with Crippen molar-refractivity contribution in [3.63, 3.8) is 0 Å². The predicted octanol–water partition coefficient (Wildman–Crippen LogP) is 5.23. The lowest BCUT2D eigenvalue weighted by molar-refractivity contribution is -0.113. The average molecular weight is 471 g/mol. The van der Waals surface area contributed by atoms with Gasteiger partial charge in [0.1, 0.15) is 15.9 Å². The highest BCUT2D eigenvalue weighted by molar-refractivity contribution is 7.99. The number of rotatable bonds is 6. The van der Waals surface area contributed by atoms with Gasteiger partial charge in [-0.25, -0.2) is 4.98 Å². The third-order valence-electron chi connectivity index (χ3n) is 4.67. The van der Waals surface area contributed by atoms with Crippen molar-refractivity contribution in [1.82, 2.24) is 13.9 Å². The maximum atomic E-state index is 13.0. The first kappa shape index (κ1) is 21.5. The first-order valence-corrected chi connectivity index (χ1v) is 11.8. The van der Waals surface area contributed by atoms with Crippen LogP contribution in [0.5, 0.6) is 0 Å². The number of fused-ring (bicyclic) bond motifs is 1. The fourth-order valence-electron chi connectivity index (χ4n) is 3.06. The van der Waals surface area contributed by atoms with Crippen molar-refractivity contribution in [3.8, 4) is 11.3 Å². The number of aromatic nitrogens is 3. The lowest BCUT2D eigenvalue weighted by atomic mass is 10.1. The summed E-state index contributed by atoms with van der Waals surface area (Å²) in [5, 5.41) is 3.75. The van der Waals surface area contributed by atoms with E-state index in [4.69, 9.17) is 16.6 Å². The van der Waals surface area contributed by atoms with E-state index in [2.05, 4.69) is 9.69 Å². The number of anilines is 1. The van der Waals surface area contributed by atoms with Crippen molar-refractivity contribution in [3.05, 3.63) is 69.5 Å². The summed E-state index contributed by atoms with van der Waals surface area (Å²) in [6, 6.07) is 15.0. The minimum Gasteiger partial charge on any atom is -0.324 e. The summed E-state index contributed by atoms with van der Waals surface area (Å²) in [6.45, 7) is 4.35. The van der Waals surface area contributed by atoms with E-state index >= 15 is 0 Å². The van der Waals surface area contributed by atoms with Crippen LogP contribution in [0, 0.1) is 6.92 Å². The second-order valence-corrected chi connectivity index (χ2v) is 8.96. The van der Waals surface area contributed by atoms with Gasteiger partial charge in [-0.3, -0.25) is 14.2 Å².